The number of carbonyl (C=O) groups is 1. The van der Waals surface area contributed by atoms with E-state index in [1.807, 2.05) is 18.2 Å². The van der Waals surface area contributed by atoms with Gasteiger partial charge in [-0.25, -0.2) is 14.8 Å². The maximum atomic E-state index is 11.1. The number of rotatable bonds is 4. The summed E-state index contributed by atoms with van der Waals surface area (Å²) in [5.74, 6) is -0.728. The number of hydrogen-bond donors (Lipinski definition) is 2. The van der Waals surface area contributed by atoms with Crippen molar-refractivity contribution in [2.75, 3.05) is 23.3 Å². The molecule has 0 bridgehead atoms. The molecule has 1 saturated heterocycles. The van der Waals surface area contributed by atoms with Gasteiger partial charge in [0, 0.05) is 37.2 Å². The minimum Gasteiger partial charge on any atom is -0.476 e. The first-order valence-electron chi connectivity index (χ1n) is 6.85. The summed E-state index contributed by atoms with van der Waals surface area (Å²) < 4.78 is 0. The maximum Gasteiger partial charge on any atom is 0.358 e. The number of carboxylic acid groups (broad SMARTS) is 1. The summed E-state index contributed by atoms with van der Waals surface area (Å²) in [4.78, 5) is 21.3. The van der Waals surface area contributed by atoms with Crippen LogP contribution in [0.25, 0.3) is 0 Å². The van der Waals surface area contributed by atoms with Crippen molar-refractivity contribution in [3.8, 4) is 0 Å². The van der Waals surface area contributed by atoms with Crippen molar-refractivity contribution >= 4 is 17.5 Å². The Morgan fingerprint density at radius 1 is 1.24 bits per heavy atom. The molecule has 1 aliphatic heterocycles. The van der Waals surface area contributed by atoms with Crippen molar-refractivity contribution in [3.05, 3.63) is 48.4 Å². The number of nitrogens with zero attached hydrogens (tertiary/aromatic N) is 3. The van der Waals surface area contributed by atoms with Gasteiger partial charge in [-0.3, -0.25) is 0 Å². The second kappa shape index (κ2) is 5.78. The minimum absolute atomic E-state index is 0.0318. The summed E-state index contributed by atoms with van der Waals surface area (Å²) in [5.41, 5.74) is 1.15. The molecule has 21 heavy (non-hydrogen) atoms. The maximum absolute atomic E-state index is 11.1. The molecular formula is C15H16N4O2. The second-order valence-corrected chi connectivity index (χ2v) is 4.97. The highest BCUT2D eigenvalue weighted by Crippen LogP contribution is 2.22. The number of nitrogens with one attached hydrogen (secondary N) is 1. The number of benzene rings is 1. The van der Waals surface area contributed by atoms with Gasteiger partial charge in [-0.05, 0) is 18.6 Å². The van der Waals surface area contributed by atoms with E-state index in [9.17, 15) is 4.79 Å². The molecule has 2 heterocycles. The fourth-order valence-electron chi connectivity index (χ4n) is 2.54. The highest BCUT2D eigenvalue weighted by atomic mass is 16.4. The number of hydrogen-bond acceptors (Lipinski definition) is 5. The van der Waals surface area contributed by atoms with Gasteiger partial charge >= 0.3 is 5.97 Å². The monoisotopic (exact) mass is 284 g/mol. The predicted octanol–water partition coefficient (Wildman–Crippen LogP) is 1.87. The first-order chi connectivity index (χ1) is 10.2. The van der Waals surface area contributed by atoms with Crippen LogP contribution in [0.4, 0.5) is 11.5 Å². The van der Waals surface area contributed by atoms with Crippen LogP contribution in [0.2, 0.25) is 0 Å². The third-order valence-electron chi connectivity index (χ3n) is 3.55. The van der Waals surface area contributed by atoms with Crippen LogP contribution in [0.1, 0.15) is 16.9 Å². The van der Waals surface area contributed by atoms with Crippen LogP contribution < -0.4 is 10.2 Å². The normalized spacial score (nSPS) is 17.7. The largest absolute Gasteiger partial charge is 0.476 e. The fraction of sp³-hybridized carbons (Fsp3) is 0.267. The van der Waals surface area contributed by atoms with E-state index in [1.165, 1.54) is 18.1 Å². The molecule has 1 fully saturated rings. The first-order valence-corrected chi connectivity index (χ1v) is 6.85. The van der Waals surface area contributed by atoms with Gasteiger partial charge in [0.15, 0.2) is 11.5 Å². The molecule has 3 rings (SSSR count). The summed E-state index contributed by atoms with van der Waals surface area (Å²) in [7, 11) is 0. The van der Waals surface area contributed by atoms with Gasteiger partial charge in [-0.1, -0.05) is 18.2 Å². The lowest BCUT2D eigenvalue weighted by atomic mass is 10.2. The lowest BCUT2D eigenvalue weighted by Crippen LogP contribution is -2.27. The second-order valence-electron chi connectivity index (χ2n) is 4.97. The zero-order valence-corrected chi connectivity index (χ0v) is 11.4. The number of carboxylic acids is 1. The topological polar surface area (TPSA) is 78.3 Å². The van der Waals surface area contributed by atoms with Crippen LogP contribution in [0, 0.1) is 0 Å². The van der Waals surface area contributed by atoms with Crippen molar-refractivity contribution in [1.29, 1.82) is 0 Å². The lowest BCUT2D eigenvalue weighted by Gasteiger charge is -2.19. The van der Waals surface area contributed by atoms with Crippen LogP contribution in [-0.2, 0) is 0 Å². The standard InChI is InChI=1S/C15H16N4O2/c20-15(21)13-14(17-8-7-16-13)18-11-6-9-19(10-11)12-4-2-1-3-5-12/h1-5,7-8,11H,6,9-10H2,(H,17,18)(H,20,21). The van der Waals surface area contributed by atoms with E-state index in [2.05, 4.69) is 32.3 Å². The number of para-hydroxylation sites is 1. The summed E-state index contributed by atoms with van der Waals surface area (Å²) >= 11 is 0. The summed E-state index contributed by atoms with van der Waals surface area (Å²) in [5, 5.41) is 12.3. The molecule has 0 aliphatic carbocycles. The van der Waals surface area contributed by atoms with Gasteiger partial charge in [-0.2, -0.15) is 0 Å². The van der Waals surface area contributed by atoms with Crippen molar-refractivity contribution < 1.29 is 9.90 Å². The van der Waals surface area contributed by atoms with E-state index >= 15 is 0 Å². The Morgan fingerprint density at radius 3 is 2.76 bits per heavy atom. The van der Waals surface area contributed by atoms with Crippen LogP contribution in [-0.4, -0.2) is 40.2 Å². The fourth-order valence-corrected chi connectivity index (χ4v) is 2.54. The van der Waals surface area contributed by atoms with Crippen LogP contribution in [0.5, 0.6) is 0 Å². The number of aromatic nitrogens is 2. The molecule has 1 unspecified atom stereocenters. The zero-order valence-electron chi connectivity index (χ0n) is 11.4. The highest BCUT2D eigenvalue weighted by molar-refractivity contribution is 5.90. The van der Waals surface area contributed by atoms with Crippen molar-refractivity contribution in [2.24, 2.45) is 0 Å². The molecular weight excluding hydrogens is 268 g/mol. The average Bonchev–Trinajstić information content (AvgIpc) is 2.97. The minimum atomic E-state index is -1.07. The van der Waals surface area contributed by atoms with E-state index in [4.69, 9.17) is 5.11 Å². The third-order valence-corrected chi connectivity index (χ3v) is 3.55. The van der Waals surface area contributed by atoms with E-state index < -0.39 is 5.97 Å². The molecule has 2 N–H and O–H groups in total. The molecule has 108 valence electrons. The van der Waals surface area contributed by atoms with E-state index in [1.54, 1.807) is 0 Å². The SMILES string of the molecule is O=C(O)c1nccnc1NC1CCN(c2ccccc2)C1. The van der Waals surface area contributed by atoms with Crippen LogP contribution >= 0.6 is 0 Å². The van der Waals surface area contributed by atoms with E-state index in [-0.39, 0.29) is 11.7 Å². The van der Waals surface area contributed by atoms with Gasteiger partial charge in [0.2, 0.25) is 0 Å². The summed E-state index contributed by atoms with van der Waals surface area (Å²) in [6.07, 6.45) is 3.82. The third kappa shape index (κ3) is 2.94. The first kappa shape index (κ1) is 13.4. The molecule has 0 amide bonds. The number of aromatic carboxylic acids is 1. The van der Waals surface area contributed by atoms with Crippen molar-refractivity contribution in [2.45, 2.75) is 12.5 Å². The molecule has 1 aliphatic rings. The Hall–Kier alpha value is -2.63. The molecule has 1 aromatic carbocycles. The van der Waals surface area contributed by atoms with E-state index in [0.29, 0.717) is 5.82 Å². The average molecular weight is 284 g/mol. The Labute approximate surface area is 122 Å². The Kier molecular flexibility index (Phi) is 3.68. The Balaban J connectivity index is 1.69. The molecule has 0 radical (unpaired) electrons. The molecule has 1 aromatic heterocycles. The molecule has 6 heteroatoms. The number of anilines is 2. The van der Waals surface area contributed by atoms with Crippen molar-refractivity contribution in [1.82, 2.24) is 9.97 Å². The van der Waals surface area contributed by atoms with Gasteiger partial charge in [0.1, 0.15) is 0 Å². The van der Waals surface area contributed by atoms with E-state index in [0.717, 1.165) is 19.5 Å². The van der Waals surface area contributed by atoms with Crippen LogP contribution in [0.3, 0.4) is 0 Å². The molecule has 6 nitrogen and oxygen atoms in total. The quantitative estimate of drug-likeness (QED) is 0.892. The summed E-state index contributed by atoms with van der Waals surface area (Å²) in [6, 6.07) is 10.3. The highest BCUT2D eigenvalue weighted by Gasteiger charge is 2.24. The zero-order chi connectivity index (χ0) is 14.7. The molecule has 2 aromatic rings. The van der Waals surface area contributed by atoms with Crippen LogP contribution in [0.15, 0.2) is 42.7 Å². The van der Waals surface area contributed by atoms with Gasteiger partial charge in [0.05, 0.1) is 0 Å². The molecule has 1 atom stereocenters. The molecule has 0 spiro atoms. The predicted molar refractivity (Wildman–Crippen MR) is 79.7 cm³/mol. The Bertz CT molecular complexity index is 633. The summed E-state index contributed by atoms with van der Waals surface area (Å²) in [6.45, 7) is 1.75. The lowest BCUT2D eigenvalue weighted by molar-refractivity contribution is 0.0691. The Morgan fingerprint density at radius 2 is 2.00 bits per heavy atom. The van der Waals surface area contributed by atoms with Crippen molar-refractivity contribution in [3.63, 3.8) is 0 Å². The van der Waals surface area contributed by atoms with Gasteiger partial charge < -0.3 is 15.3 Å². The van der Waals surface area contributed by atoms with Gasteiger partial charge in [0.25, 0.3) is 0 Å². The molecule has 0 saturated carbocycles. The smallest absolute Gasteiger partial charge is 0.358 e. The van der Waals surface area contributed by atoms with Gasteiger partial charge in [-0.15, -0.1) is 0 Å².